The molecule has 0 aliphatic carbocycles. The number of hydrogen-bond acceptors (Lipinski definition) is 1. The van der Waals surface area contributed by atoms with Crippen LogP contribution in [0.25, 0.3) is 0 Å². The van der Waals surface area contributed by atoms with E-state index < -0.39 is 29.0 Å². The van der Waals surface area contributed by atoms with Crippen LogP contribution in [-0.2, 0) is 6.54 Å². The Bertz CT molecular complexity index is 632. The summed E-state index contributed by atoms with van der Waals surface area (Å²) in [5, 5.41) is 2.38. The molecule has 0 aliphatic rings. The van der Waals surface area contributed by atoms with Gasteiger partial charge in [0.2, 0.25) is 0 Å². The van der Waals surface area contributed by atoms with Crippen LogP contribution in [0.1, 0.15) is 11.1 Å². The molecule has 0 saturated carbocycles. The average Bonchev–Trinajstić information content (AvgIpc) is 2.40. The maximum atomic E-state index is 13.4. The molecule has 1 nitrogen and oxygen atoms in total. The molecule has 6 heteroatoms. The minimum Gasteiger partial charge on any atom is -0.376 e. The summed E-state index contributed by atoms with van der Waals surface area (Å²) in [7, 11) is 0. The highest BCUT2D eigenvalue weighted by Gasteiger charge is 2.18. The number of nitrogens with one attached hydrogen (secondary N) is 1. The Morgan fingerprint density at radius 3 is 2.15 bits per heavy atom. The normalized spacial score (nSPS) is 10.7. The van der Waals surface area contributed by atoms with Crippen LogP contribution in [0.4, 0.5) is 23.2 Å². The van der Waals surface area contributed by atoms with Gasteiger partial charge < -0.3 is 5.32 Å². The largest absolute Gasteiger partial charge is 0.376 e. The van der Waals surface area contributed by atoms with Crippen molar-refractivity contribution < 1.29 is 17.6 Å². The second kappa shape index (κ2) is 5.83. The van der Waals surface area contributed by atoms with Gasteiger partial charge in [-0.05, 0) is 24.1 Å². The van der Waals surface area contributed by atoms with Gasteiger partial charge in [-0.15, -0.1) is 0 Å². The fourth-order valence-corrected chi connectivity index (χ4v) is 2.09. The summed E-state index contributed by atoms with van der Waals surface area (Å²) in [6, 6.07) is 5.50. The number of hydrogen-bond donors (Lipinski definition) is 1. The first-order valence-electron chi connectivity index (χ1n) is 5.72. The monoisotopic (exact) mass is 347 g/mol. The third-order valence-electron chi connectivity index (χ3n) is 2.82. The molecule has 0 saturated heterocycles. The Hall–Kier alpha value is -1.56. The van der Waals surface area contributed by atoms with E-state index in [1.165, 1.54) is 0 Å². The molecule has 0 atom stereocenters. The molecule has 0 fully saturated rings. The van der Waals surface area contributed by atoms with E-state index in [1.807, 2.05) is 13.0 Å². The van der Waals surface area contributed by atoms with Gasteiger partial charge in [-0.25, -0.2) is 17.6 Å². The quantitative estimate of drug-likeness (QED) is 0.613. The van der Waals surface area contributed by atoms with E-state index in [9.17, 15) is 17.6 Å². The van der Waals surface area contributed by atoms with Crippen LogP contribution >= 0.6 is 15.9 Å². The molecule has 0 spiro atoms. The second-order valence-corrected chi connectivity index (χ2v) is 5.13. The van der Waals surface area contributed by atoms with E-state index >= 15 is 0 Å². The summed E-state index contributed by atoms with van der Waals surface area (Å²) < 4.78 is 53.8. The van der Waals surface area contributed by atoms with Crippen LogP contribution < -0.4 is 5.32 Å². The lowest BCUT2D eigenvalue weighted by Crippen LogP contribution is -2.07. The highest BCUT2D eigenvalue weighted by molar-refractivity contribution is 9.10. The zero-order chi connectivity index (χ0) is 14.9. The molecule has 0 aliphatic heterocycles. The van der Waals surface area contributed by atoms with Gasteiger partial charge in [0.05, 0.1) is 0 Å². The van der Waals surface area contributed by atoms with Crippen LogP contribution in [-0.4, -0.2) is 0 Å². The molecule has 0 radical (unpaired) electrons. The predicted octanol–water partition coefficient (Wildman–Crippen LogP) is 4.93. The van der Waals surface area contributed by atoms with Crippen LogP contribution in [0.2, 0.25) is 0 Å². The van der Waals surface area contributed by atoms with Gasteiger partial charge in [0, 0.05) is 17.1 Å². The summed E-state index contributed by atoms with van der Waals surface area (Å²) in [6.45, 7) is 1.93. The number of halogens is 5. The molecular weight excluding hydrogens is 338 g/mol. The highest BCUT2D eigenvalue weighted by atomic mass is 79.9. The minimum atomic E-state index is -1.44. The van der Waals surface area contributed by atoms with Gasteiger partial charge in [0.15, 0.2) is 23.3 Å². The van der Waals surface area contributed by atoms with E-state index in [0.29, 0.717) is 5.56 Å². The van der Waals surface area contributed by atoms with Crippen molar-refractivity contribution in [2.24, 2.45) is 0 Å². The van der Waals surface area contributed by atoms with E-state index in [2.05, 4.69) is 21.2 Å². The lowest BCUT2D eigenvalue weighted by Gasteiger charge is -2.11. The van der Waals surface area contributed by atoms with Gasteiger partial charge in [-0.3, -0.25) is 0 Å². The molecule has 1 N–H and O–H groups in total. The molecule has 20 heavy (non-hydrogen) atoms. The molecule has 0 bridgehead atoms. The van der Waals surface area contributed by atoms with Crippen molar-refractivity contribution in [3.8, 4) is 0 Å². The lowest BCUT2D eigenvalue weighted by molar-refractivity contribution is 0.458. The predicted molar refractivity (Wildman–Crippen MR) is 72.5 cm³/mol. The summed E-state index contributed by atoms with van der Waals surface area (Å²) in [6.07, 6.45) is 0. The second-order valence-electron chi connectivity index (χ2n) is 4.28. The van der Waals surface area contributed by atoms with Crippen molar-refractivity contribution in [2.45, 2.75) is 13.5 Å². The first kappa shape index (κ1) is 14.8. The van der Waals surface area contributed by atoms with Gasteiger partial charge >= 0.3 is 0 Å². The van der Waals surface area contributed by atoms with E-state index in [1.54, 1.807) is 12.1 Å². The van der Waals surface area contributed by atoms with Crippen molar-refractivity contribution in [3.63, 3.8) is 0 Å². The number of aryl methyl sites for hydroxylation is 1. The molecular formula is C14H10BrF4N. The van der Waals surface area contributed by atoms with E-state index in [-0.39, 0.29) is 12.6 Å². The van der Waals surface area contributed by atoms with Crippen LogP contribution in [0.15, 0.2) is 28.7 Å². The maximum Gasteiger partial charge on any atom is 0.185 e. The summed E-state index contributed by atoms with van der Waals surface area (Å²) >= 11 is 3.33. The number of benzene rings is 2. The fourth-order valence-electron chi connectivity index (χ4n) is 1.67. The number of anilines is 1. The third kappa shape index (κ3) is 2.95. The van der Waals surface area contributed by atoms with Crippen LogP contribution in [0.5, 0.6) is 0 Å². The molecule has 2 aromatic rings. The zero-order valence-electron chi connectivity index (χ0n) is 10.4. The highest BCUT2D eigenvalue weighted by Crippen LogP contribution is 2.25. The molecule has 2 aromatic carbocycles. The Morgan fingerprint density at radius 2 is 1.60 bits per heavy atom. The zero-order valence-corrected chi connectivity index (χ0v) is 12.0. The van der Waals surface area contributed by atoms with Crippen molar-refractivity contribution in [1.82, 2.24) is 0 Å². The SMILES string of the molecule is Cc1ccc(CNc2c(F)c(F)cc(F)c2F)cc1Br. The molecule has 106 valence electrons. The molecule has 0 aromatic heterocycles. The third-order valence-corrected chi connectivity index (χ3v) is 3.67. The fraction of sp³-hybridized carbons (Fsp3) is 0.143. The summed E-state index contributed by atoms with van der Waals surface area (Å²) in [5.74, 6) is -5.74. The molecule has 0 amide bonds. The standard InChI is InChI=1S/C14H10BrF4N/c1-7-2-3-8(4-9(7)15)6-20-14-12(18)10(16)5-11(17)13(14)19/h2-5,20H,6H2,1H3. The number of rotatable bonds is 3. The topological polar surface area (TPSA) is 12.0 Å². The van der Waals surface area contributed by atoms with Gasteiger partial charge in [0.25, 0.3) is 0 Å². The average molecular weight is 348 g/mol. The molecule has 2 rings (SSSR count). The lowest BCUT2D eigenvalue weighted by atomic mass is 10.1. The van der Waals surface area contributed by atoms with Crippen molar-refractivity contribution in [3.05, 3.63) is 63.1 Å². The van der Waals surface area contributed by atoms with Crippen molar-refractivity contribution >= 4 is 21.6 Å². The van der Waals surface area contributed by atoms with Crippen LogP contribution in [0, 0.1) is 30.2 Å². The van der Waals surface area contributed by atoms with Gasteiger partial charge in [0.1, 0.15) is 5.69 Å². The molecule has 0 heterocycles. The Morgan fingerprint density at radius 1 is 1.00 bits per heavy atom. The van der Waals surface area contributed by atoms with E-state index in [0.717, 1.165) is 10.0 Å². The first-order valence-corrected chi connectivity index (χ1v) is 6.51. The van der Waals surface area contributed by atoms with Crippen molar-refractivity contribution in [2.75, 3.05) is 5.32 Å². The maximum absolute atomic E-state index is 13.4. The Labute approximate surface area is 121 Å². The minimum absolute atomic E-state index is 0.0373. The van der Waals surface area contributed by atoms with Gasteiger partial charge in [-0.1, -0.05) is 28.1 Å². The van der Waals surface area contributed by atoms with Crippen molar-refractivity contribution in [1.29, 1.82) is 0 Å². The Kier molecular flexibility index (Phi) is 4.32. The molecule has 0 unspecified atom stereocenters. The smallest absolute Gasteiger partial charge is 0.185 e. The van der Waals surface area contributed by atoms with Crippen LogP contribution in [0.3, 0.4) is 0 Å². The summed E-state index contributed by atoms with van der Waals surface area (Å²) in [5.41, 5.74) is 0.910. The van der Waals surface area contributed by atoms with Gasteiger partial charge in [-0.2, -0.15) is 0 Å². The summed E-state index contributed by atoms with van der Waals surface area (Å²) in [4.78, 5) is 0. The Balaban J connectivity index is 2.25. The first-order chi connectivity index (χ1) is 9.40. The van der Waals surface area contributed by atoms with E-state index in [4.69, 9.17) is 0 Å².